The number of pyridine rings is 2. The number of urea groups is 1. The van der Waals surface area contributed by atoms with E-state index < -0.39 is 0 Å². The minimum Gasteiger partial charge on any atom is -0.338 e. The number of amides is 2. The number of thiazole rings is 1. The van der Waals surface area contributed by atoms with Crippen LogP contribution in [0.5, 0.6) is 0 Å². The van der Waals surface area contributed by atoms with Crippen LogP contribution in [-0.4, -0.2) is 27.5 Å². The number of nitrogens with zero attached hydrogens (tertiary/aromatic N) is 3. The molecule has 156 valence electrons. The molecule has 0 aliphatic heterocycles. The van der Waals surface area contributed by atoms with Crippen molar-refractivity contribution < 1.29 is 4.79 Å². The van der Waals surface area contributed by atoms with Gasteiger partial charge in [0.05, 0.1) is 5.69 Å². The molecule has 0 unspecified atom stereocenters. The molecule has 3 heterocycles. The largest absolute Gasteiger partial charge is 0.338 e. The first-order chi connectivity index (χ1) is 15.2. The lowest BCUT2D eigenvalue weighted by Gasteiger charge is -2.11. The van der Waals surface area contributed by atoms with Crippen LogP contribution in [0, 0.1) is 0 Å². The van der Waals surface area contributed by atoms with E-state index in [2.05, 4.69) is 20.6 Å². The highest BCUT2D eigenvalue weighted by Crippen LogP contribution is 2.37. The molecule has 4 rings (SSSR count). The Balaban J connectivity index is 1.79. The molecule has 9 heteroatoms. The van der Waals surface area contributed by atoms with Gasteiger partial charge in [-0.3, -0.25) is 15.4 Å². The summed E-state index contributed by atoms with van der Waals surface area (Å²) in [6.07, 6.45) is 5.20. The summed E-state index contributed by atoms with van der Waals surface area (Å²) in [5, 5.41) is 14.0. The monoisotopic (exact) mass is 448 g/mol. The SMILES string of the molecule is CCNC(=O)Nc1cc(-c2nc(-c3ccccc3)cs2)c(-c2cncc(SN)c2)cn1. The topological polar surface area (TPSA) is 106 Å². The zero-order valence-electron chi connectivity index (χ0n) is 16.7. The number of benzene rings is 1. The molecule has 0 saturated heterocycles. The fourth-order valence-corrected chi connectivity index (χ4v) is 4.20. The Morgan fingerprint density at radius 2 is 1.94 bits per heavy atom. The number of anilines is 1. The smallest absolute Gasteiger partial charge is 0.320 e. The number of carbonyl (C=O) groups excluding carboxylic acids is 1. The summed E-state index contributed by atoms with van der Waals surface area (Å²) in [7, 11) is 0. The quantitative estimate of drug-likeness (QED) is 0.357. The first-order valence-electron chi connectivity index (χ1n) is 9.56. The van der Waals surface area contributed by atoms with E-state index in [-0.39, 0.29) is 6.03 Å². The predicted molar refractivity (Wildman–Crippen MR) is 127 cm³/mol. The standard InChI is InChI=1S/C22H20N6OS2/c1-2-25-22(29)28-20-9-17(18(12-26-20)15-8-16(31-23)11-24-10-15)21-27-19(13-30-21)14-6-4-3-5-7-14/h3-13H,2,23H2,1H3,(H2,25,26,28,29). The van der Waals surface area contributed by atoms with Crippen molar-refractivity contribution in [1.82, 2.24) is 20.3 Å². The Morgan fingerprint density at radius 3 is 2.71 bits per heavy atom. The molecule has 0 bridgehead atoms. The summed E-state index contributed by atoms with van der Waals surface area (Å²) in [4.78, 5) is 26.4. The van der Waals surface area contributed by atoms with Crippen LogP contribution in [0.3, 0.4) is 0 Å². The number of nitrogens with one attached hydrogen (secondary N) is 2. The average molecular weight is 449 g/mol. The van der Waals surface area contributed by atoms with E-state index >= 15 is 0 Å². The molecule has 4 N–H and O–H groups in total. The van der Waals surface area contributed by atoms with Gasteiger partial charge in [0.25, 0.3) is 0 Å². The highest BCUT2D eigenvalue weighted by molar-refractivity contribution is 7.97. The number of hydrogen-bond acceptors (Lipinski definition) is 7. The molecule has 2 amide bonds. The zero-order valence-corrected chi connectivity index (χ0v) is 18.3. The molecular weight excluding hydrogens is 428 g/mol. The van der Waals surface area contributed by atoms with Crippen LogP contribution in [0.15, 0.2) is 71.3 Å². The maximum atomic E-state index is 12.0. The lowest BCUT2D eigenvalue weighted by Crippen LogP contribution is -2.28. The summed E-state index contributed by atoms with van der Waals surface area (Å²) < 4.78 is 0. The Hall–Kier alpha value is -3.27. The van der Waals surface area contributed by atoms with Gasteiger partial charge in [-0.15, -0.1) is 11.3 Å². The molecule has 4 aromatic rings. The van der Waals surface area contributed by atoms with Crippen LogP contribution in [0.25, 0.3) is 33.0 Å². The number of carbonyl (C=O) groups is 1. The van der Waals surface area contributed by atoms with Crippen molar-refractivity contribution in [3.8, 4) is 33.0 Å². The third-order valence-electron chi connectivity index (χ3n) is 4.45. The van der Waals surface area contributed by atoms with Gasteiger partial charge in [-0.1, -0.05) is 30.3 Å². The number of aromatic nitrogens is 3. The van der Waals surface area contributed by atoms with Crippen molar-refractivity contribution in [1.29, 1.82) is 0 Å². The van der Waals surface area contributed by atoms with E-state index in [1.54, 1.807) is 18.6 Å². The lowest BCUT2D eigenvalue weighted by molar-refractivity contribution is 0.252. The summed E-state index contributed by atoms with van der Waals surface area (Å²) in [5.74, 6) is 0.443. The van der Waals surface area contributed by atoms with Crippen molar-refractivity contribution in [3.63, 3.8) is 0 Å². The Bertz CT molecular complexity index is 1200. The second-order valence-electron chi connectivity index (χ2n) is 6.53. The molecule has 7 nitrogen and oxygen atoms in total. The van der Waals surface area contributed by atoms with E-state index in [0.717, 1.165) is 49.8 Å². The van der Waals surface area contributed by atoms with Gasteiger partial charge in [0.15, 0.2) is 0 Å². The van der Waals surface area contributed by atoms with Gasteiger partial charge in [-0.2, -0.15) is 0 Å². The van der Waals surface area contributed by atoms with Crippen molar-refractivity contribution in [2.24, 2.45) is 5.14 Å². The molecule has 0 atom stereocenters. The molecule has 0 aliphatic carbocycles. The highest BCUT2D eigenvalue weighted by atomic mass is 32.2. The van der Waals surface area contributed by atoms with E-state index in [1.807, 2.05) is 54.8 Å². The molecule has 1 aromatic carbocycles. The van der Waals surface area contributed by atoms with Gasteiger partial charge in [-0.05, 0) is 31.0 Å². The molecular formula is C22H20N6OS2. The number of nitrogens with two attached hydrogens (primary N) is 1. The second kappa shape index (κ2) is 9.69. The Labute approximate surface area is 188 Å². The second-order valence-corrected chi connectivity index (χ2v) is 8.10. The number of hydrogen-bond donors (Lipinski definition) is 3. The molecule has 0 fully saturated rings. The molecule has 0 radical (unpaired) electrons. The molecule has 0 aliphatic rings. The maximum absolute atomic E-state index is 12.0. The normalized spacial score (nSPS) is 10.6. The fraction of sp³-hybridized carbons (Fsp3) is 0.0909. The van der Waals surface area contributed by atoms with Gasteiger partial charge in [0.2, 0.25) is 0 Å². The van der Waals surface area contributed by atoms with Gasteiger partial charge in [0, 0.05) is 57.7 Å². The average Bonchev–Trinajstić information content (AvgIpc) is 3.30. The van der Waals surface area contributed by atoms with E-state index in [9.17, 15) is 4.79 Å². The minimum atomic E-state index is -0.305. The predicted octanol–water partition coefficient (Wildman–Crippen LogP) is 5.04. The Kier molecular flexibility index (Phi) is 6.56. The molecule has 0 spiro atoms. The van der Waals surface area contributed by atoms with Crippen LogP contribution in [0.2, 0.25) is 0 Å². The zero-order chi connectivity index (χ0) is 21.6. The van der Waals surface area contributed by atoms with E-state index in [4.69, 9.17) is 10.1 Å². The fourth-order valence-electron chi connectivity index (χ4n) is 3.02. The van der Waals surface area contributed by atoms with Crippen LogP contribution in [0.1, 0.15) is 6.92 Å². The third-order valence-corrected chi connectivity index (χ3v) is 5.82. The molecule has 3 aromatic heterocycles. The van der Waals surface area contributed by atoms with Crippen molar-refractivity contribution in [2.75, 3.05) is 11.9 Å². The van der Waals surface area contributed by atoms with Crippen LogP contribution < -0.4 is 15.8 Å². The summed E-state index contributed by atoms with van der Waals surface area (Å²) >= 11 is 2.67. The minimum absolute atomic E-state index is 0.305. The third kappa shape index (κ3) is 4.91. The number of rotatable bonds is 6. The van der Waals surface area contributed by atoms with Crippen molar-refractivity contribution in [2.45, 2.75) is 11.8 Å². The molecule has 0 saturated carbocycles. The van der Waals surface area contributed by atoms with Crippen LogP contribution >= 0.6 is 23.3 Å². The van der Waals surface area contributed by atoms with Crippen molar-refractivity contribution in [3.05, 3.63) is 66.4 Å². The first kappa shape index (κ1) is 21.0. The van der Waals surface area contributed by atoms with Crippen LogP contribution in [0.4, 0.5) is 10.6 Å². The van der Waals surface area contributed by atoms with Gasteiger partial charge < -0.3 is 5.32 Å². The van der Waals surface area contributed by atoms with Gasteiger partial charge >= 0.3 is 6.03 Å². The van der Waals surface area contributed by atoms with E-state index in [0.29, 0.717) is 12.4 Å². The summed E-state index contributed by atoms with van der Waals surface area (Å²) in [6, 6.07) is 13.5. The summed E-state index contributed by atoms with van der Waals surface area (Å²) in [5.41, 5.74) is 4.53. The highest BCUT2D eigenvalue weighted by Gasteiger charge is 2.16. The first-order valence-corrected chi connectivity index (χ1v) is 11.3. The Morgan fingerprint density at radius 1 is 1.10 bits per heavy atom. The van der Waals surface area contributed by atoms with Crippen molar-refractivity contribution >= 4 is 35.1 Å². The molecule has 31 heavy (non-hydrogen) atoms. The van der Waals surface area contributed by atoms with Gasteiger partial charge in [0.1, 0.15) is 10.8 Å². The van der Waals surface area contributed by atoms with Gasteiger partial charge in [-0.25, -0.2) is 14.8 Å². The lowest BCUT2D eigenvalue weighted by atomic mass is 10.0. The van der Waals surface area contributed by atoms with E-state index in [1.165, 1.54) is 11.3 Å². The van der Waals surface area contributed by atoms with Crippen LogP contribution in [-0.2, 0) is 0 Å². The summed E-state index contributed by atoms with van der Waals surface area (Å²) in [6.45, 7) is 2.39. The maximum Gasteiger partial charge on any atom is 0.320 e.